The molecule has 0 saturated carbocycles. The van der Waals surface area contributed by atoms with Gasteiger partial charge in [0.15, 0.2) is 0 Å². The zero-order chi connectivity index (χ0) is 49.2. The molecule has 0 saturated heterocycles. The second-order valence-electron chi connectivity index (χ2n) is 17.9. The lowest BCUT2D eigenvalue weighted by molar-refractivity contribution is -0.145. The Kier molecular flexibility index (Phi) is 26.9. The van der Waals surface area contributed by atoms with E-state index in [9.17, 15) is 38.7 Å². The van der Waals surface area contributed by atoms with Crippen LogP contribution >= 0.6 is 12.6 Å². The number of phenols is 1. The number of unbranched alkanes of at least 4 members (excludes halogenated alkanes) is 12. The summed E-state index contributed by atoms with van der Waals surface area (Å²) >= 11 is 4.25. The highest BCUT2D eigenvalue weighted by Crippen LogP contribution is 2.19. The first-order valence-corrected chi connectivity index (χ1v) is 24.4. The van der Waals surface area contributed by atoms with Crippen LogP contribution in [-0.2, 0) is 44.7 Å². The van der Waals surface area contributed by atoms with Crippen LogP contribution in [0.2, 0.25) is 0 Å². The minimum absolute atomic E-state index is 0.00861. The summed E-state index contributed by atoms with van der Waals surface area (Å²) in [5.74, 6) is -4.72. The number of carbonyl (C=O) groups is 7. The largest absolute Gasteiger partial charge is 0.508 e. The van der Waals surface area contributed by atoms with Crippen LogP contribution in [0.3, 0.4) is 0 Å². The molecular formula is C48H80N8O9S. The summed E-state index contributed by atoms with van der Waals surface area (Å²) in [6.07, 6.45) is 17.7. The smallest absolute Gasteiger partial charge is 0.328 e. The van der Waals surface area contributed by atoms with E-state index in [1.54, 1.807) is 26.0 Å². The first kappa shape index (κ1) is 57.1. The molecule has 0 fully saturated rings. The highest BCUT2D eigenvalue weighted by Gasteiger charge is 2.33. The molecule has 0 spiro atoms. The summed E-state index contributed by atoms with van der Waals surface area (Å²) in [4.78, 5) is 96.8. The molecule has 66 heavy (non-hydrogen) atoms. The van der Waals surface area contributed by atoms with Crippen LogP contribution in [0.4, 0.5) is 0 Å². The van der Waals surface area contributed by atoms with Gasteiger partial charge in [-0.15, -0.1) is 0 Å². The van der Waals surface area contributed by atoms with Gasteiger partial charge >= 0.3 is 5.97 Å². The first-order valence-electron chi connectivity index (χ1n) is 23.8. The van der Waals surface area contributed by atoms with Gasteiger partial charge < -0.3 is 51.5 Å². The Balaban J connectivity index is 1.94. The van der Waals surface area contributed by atoms with Crippen molar-refractivity contribution in [1.82, 2.24) is 41.7 Å². The van der Waals surface area contributed by atoms with Gasteiger partial charge in [-0.05, 0) is 43.9 Å². The number of ether oxygens (including phenoxy) is 1. The maximum absolute atomic E-state index is 13.8. The SMILES string of the molecule is CCCCCCCCCCCCCCCC(=O)N[C@@H](CS)C(=O)N[C@@H](C)C(=O)N[C@H](C(=O)N[C@@H](C)C(=O)N[C@@H](Cc1ccc(O)cc1)C(=O)N[C@@H](CC1=CN(C)CN1C)C(=O)OC)C(C)C. The third-order valence-corrected chi connectivity index (χ3v) is 12.0. The fourth-order valence-corrected chi connectivity index (χ4v) is 7.80. The molecule has 0 unspecified atom stereocenters. The molecule has 6 atom stereocenters. The number of methoxy groups -OCH3 is 1. The fraction of sp³-hybridized carbons (Fsp3) is 0.688. The van der Waals surface area contributed by atoms with Crippen LogP contribution in [0.5, 0.6) is 5.75 Å². The molecule has 372 valence electrons. The maximum Gasteiger partial charge on any atom is 0.328 e. The Labute approximate surface area is 398 Å². The van der Waals surface area contributed by atoms with Gasteiger partial charge in [0.25, 0.3) is 0 Å². The Hall–Kier alpha value is -5.00. The molecule has 1 aromatic rings. The third kappa shape index (κ3) is 21.5. The number of hydrogen-bond donors (Lipinski definition) is 8. The average molecular weight is 945 g/mol. The number of aromatic hydroxyl groups is 1. The molecule has 6 amide bonds. The minimum Gasteiger partial charge on any atom is -0.508 e. The van der Waals surface area contributed by atoms with Gasteiger partial charge in [-0.25, -0.2) is 4.79 Å². The average Bonchev–Trinajstić information content (AvgIpc) is 3.60. The Morgan fingerprint density at radius 1 is 0.636 bits per heavy atom. The van der Waals surface area contributed by atoms with Gasteiger partial charge in [0.2, 0.25) is 35.4 Å². The molecule has 0 radical (unpaired) electrons. The summed E-state index contributed by atoms with van der Waals surface area (Å²) in [7, 11) is 4.94. The number of nitrogens with zero attached hydrogens (tertiary/aromatic N) is 2. The van der Waals surface area contributed by atoms with Crippen molar-refractivity contribution < 1.29 is 43.4 Å². The van der Waals surface area contributed by atoms with Crippen molar-refractivity contribution in [1.29, 1.82) is 0 Å². The van der Waals surface area contributed by atoms with Crippen LogP contribution in [-0.4, -0.2) is 126 Å². The van der Waals surface area contributed by atoms with Crippen molar-refractivity contribution in [2.75, 3.05) is 33.6 Å². The summed E-state index contributed by atoms with van der Waals surface area (Å²) in [5, 5.41) is 25.8. The highest BCUT2D eigenvalue weighted by atomic mass is 32.1. The Morgan fingerprint density at radius 2 is 1.14 bits per heavy atom. The third-order valence-electron chi connectivity index (χ3n) is 11.6. The number of benzene rings is 1. The van der Waals surface area contributed by atoms with Crippen molar-refractivity contribution in [2.24, 2.45) is 5.92 Å². The normalized spacial score (nSPS) is 15.1. The number of thiol groups is 1. The van der Waals surface area contributed by atoms with Gasteiger partial charge in [0.05, 0.1) is 13.8 Å². The van der Waals surface area contributed by atoms with Gasteiger partial charge in [-0.3, -0.25) is 28.8 Å². The molecule has 7 N–H and O–H groups in total. The van der Waals surface area contributed by atoms with E-state index in [4.69, 9.17) is 4.74 Å². The lowest BCUT2D eigenvalue weighted by Gasteiger charge is -2.27. The van der Waals surface area contributed by atoms with Crippen molar-refractivity contribution >= 4 is 54.0 Å². The number of phenolic OH excluding ortho intramolecular Hbond substituents is 1. The number of amides is 6. The van der Waals surface area contributed by atoms with E-state index in [0.717, 1.165) is 25.0 Å². The van der Waals surface area contributed by atoms with E-state index in [1.807, 2.05) is 30.1 Å². The van der Waals surface area contributed by atoms with E-state index < -0.39 is 77.7 Å². The molecule has 18 heteroatoms. The maximum atomic E-state index is 13.8. The molecule has 2 rings (SSSR count). The van der Waals surface area contributed by atoms with E-state index in [2.05, 4.69) is 51.5 Å². The van der Waals surface area contributed by atoms with Gasteiger partial charge in [-0.2, -0.15) is 12.6 Å². The number of rotatable bonds is 32. The van der Waals surface area contributed by atoms with Crippen molar-refractivity contribution in [3.8, 4) is 5.75 Å². The van der Waals surface area contributed by atoms with Crippen LogP contribution < -0.4 is 31.9 Å². The number of carbonyl (C=O) groups excluding carboxylic acids is 7. The van der Waals surface area contributed by atoms with Crippen molar-refractivity contribution in [3.05, 3.63) is 41.7 Å². The zero-order valence-electron chi connectivity index (χ0n) is 40.7. The monoisotopic (exact) mass is 945 g/mol. The van der Waals surface area contributed by atoms with E-state index in [-0.39, 0.29) is 36.7 Å². The quantitative estimate of drug-likeness (QED) is 0.0290. The Morgan fingerprint density at radius 3 is 1.64 bits per heavy atom. The number of nitrogens with one attached hydrogen (secondary N) is 6. The molecule has 17 nitrogen and oxygen atoms in total. The number of esters is 1. The van der Waals surface area contributed by atoms with Crippen molar-refractivity contribution in [3.63, 3.8) is 0 Å². The summed E-state index contributed by atoms with van der Waals surface area (Å²) in [5.41, 5.74) is 1.38. The van der Waals surface area contributed by atoms with E-state index in [0.29, 0.717) is 18.7 Å². The molecule has 1 aliphatic rings. The molecule has 1 aromatic carbocycles. The number of hydrogen-bond acceptors (Lipinski definition) is 12. The summed E-state index contributed by atoms with van der Waals surface area (Å²) in [6.45, 7) is 9.11. The van der Waals surface area contributed by atoms with E-state index >= 15 is 0 Å². The van der Waals surface area contributed by atoms with Crippen LogP contribution in [0, 0.1) is 5.92 Å². The second-order valence-corrected chi connectivity index (χ2v) is 18.3. The van der Waals surface area contributed by atoms with E-state index in [1.165, 1.54) is 90.9 Å². The molecule has 0 aromatic heterocycles. The minimum atomic E-state index is -1.22. The summed E-state index contributed by atoms with van der Waals surface area (Å²) < 4.78 is 4.98. The van der Waals surface area contributed by atoms with Gasteiger partial charge in [0.1, 0.15) is 42.0 Å². The lowest BCUT2D eigenvalue weighted by atomic mass is 10.0. The topological polar surface area (TPSA) is 228 Å². The predicted octanol–water partition coefficient (Wildman–Crippen LogP) is 4.19. The lowest BCUT2D eigenvalue weighted by Crippen LogP contribution is -2.60. The molecule has 1 aliphatic heterocycles. The highest BCUT2D eigenvalue weighted by molar-refractivity contribution is 7.80. The second kappa shape index (κ2) is 31.1. The standard InChI is InChI=1S/C48H80N8O9S/c1-9-10-11-12-13-14-15-16-17-18-19-20-21-22-41(58)51-40(30-66)46(62)49-34(5)44(60)54-42(32(2)3)47(63)50-33(4)43(59)52-38(27-35-23-25-37(57)26-24-35)45(61)53-39(48(64)65-8)28-36-29-55(6)31-56(36)7/h23-26,29,32-34,38-40,42,57,66H,9-22,27-28,30-31H2,1-8H3,(H,49,62)(H,50,63)(H,51,58)(H,52,59)(H,53,61)(H,54,60)/t33-,34-,38-,39-,40-,42-/m0/s1. The molecule has 0 bridgehead atoms. The predicted molar refractivity (Wildman–Crippen MR) is 259 cm³/mol. The summed E-state index contributed by atoms with van der Waals surface area (Å²) in [6, 6.07) is -0.605. The van der Waals surface area contributed by atoms with Crippen LogP contribution in [0.1, 0.15) is 136 Å². The Bertz CT molecular complexity index is 1730. The van der Waals surface area contributed by atoms with Crippen LogP contribution in [0.15, 0.2) is 36.2 Å². The molecule has 1 heterocycles. The fourth-order valence-electron chi connectivity index (χ4n) is 7.54. The van der Waals surface area contributed by atoms with Crippen LogP contribution in [0.25, 0.3) is 0 Å². The first-order chi connectivity index (χ1) is 31.4. The zero-order valence-corrected chi connectivity index (χ0v) is 41.6. The van der Waals surface area contributed by atoms with Gasteiger partial charge in [-0.1, -0.05) is 110 Å². The molecule has 0 aliphatic carbocycles. The van der Waals surface area contributed by atoms with Crippen molar-refractivity contribution in [2.45, 2.75) is 174 Å². The van der Waals surface area contributed by atoms with Gasteiger partial charge in [0, 0.05) is 51.0 Å². The molecular weight excluding hydrogens is 865 g/mol.